The summed E-state index contributed by atoms with van der Waals surface area (Å²) in [5, 5.41) is 4.09. The van der Waals surface area contributed by atoms with Crippen LogP contribution < -0.4 is 0 Å². The maximum atomic E-state index is 12.7. The Morgan fingerprint density at radius 1 is 1.30 bits per heavy atom. The third kappa shape index (κ3) is 3.45. The lowest BCUT2D eigenvalue weighted by molar-refractivity contribution is -0.00331. The molecule has 0 N–H and O–H groups in total. The van der Waals surface area contributed by atoms with Crippen molar-refractivity contribution in [2.75, 3.05) is 20.2 Å². The Hall–Kier alpha value is -2.14. The van der Waals surface area contributed by atoms with Crippen molar-refractivity contribution in [1.29, 1.82) is 0 Å². The van der Waals surface area contributed by atoms with Gasteiger partial charge in [-0.3, -0.25) is 9.48 Å². The number of hydrogen-bond acceptors (Lipinski definition) is 3. The van der Waals surface area contributed by atoms with E-state index in [0.717, 1.165) is 25.9 Å². The monoisotopic (exact) mass is 313 g/mol. The summed E-state index contributed by atoms with van der Waals surface area (Å²) in [6.07, 6.45) is 3.66. The van der Waals surface area contributed by atoms with E-state index in [-0.39, 0.29) is 12.0 Å². The molecule has 0 spiro atoms. The zero-order chi connectivity index (χ0) is 16.2. The first-order chi connectivity index (χ1) is 11.2. The summed E-state index contributed by atoms with van der Waals surface area (Å²) in [6, 6.07) is 12.2. The molecule has 5 nitrogen and oxygen atoms in total. The molecular weight excluding hydrogens is 290 g/mol. The predicted molar refractivity (Wildman–Crippen MR) is 88.2 cm³/mol. The highest BCUT2D eigenvalue weighted by molar-refractivity contribution is 5.92. The number of piperidine rings is 1. The minimum Gasteiger partial charge on any atom is -0.381 e. The SMILES string of the molecule is CO[C@@H]1CCN(C(=O)c2ccnn2C)C[C@@H]1Cc1ccccc1. The van der Waals surface area contributed by atoms with E-state index in [9.17, 15) is 4.79 Å². The third-order valence-electron chi connectivity index (χ3n) is 4.63. The molecule has 3 rings (SSSR count). The molecular formula is C18H23N3O2. The van der Waals surface area contributed by atoms with Gasteiger partial charge in [0.2, 0.25) is 0 Å². The average Bonchev–Trinajstić information content (AvgIpc) is 3.01. The van der Waals surface area contributed by atoms with Gasteiger partial charge >= 0.3 is 0 Å². The Kier molecular flexibility index (Phi) is 4.76. The van der Waals surface area contributed by atoms with Crippen molar-refractivity contribution in [3.05, 3.63) is 53.9 Å². The molecule has 2 aromatic rings. The van der Waals surface area contributed by atoms with Crippen LogP contribution in [0.3, 0.4) is 0 Å². The Balaban J connectivity index is 1.73. The standard InChI is InChI=1S/C18H23N3O2/c1-20-16(8-10-19-20)18(22)21-11-9-17(23-2)15(13-21)12-14-6-4-3-5-7-14/h3-8,10,15,17H,9,11-13H2,1-2H3/t15-,17+/m0/s1. The molecule has 1 amide bonds. The number of nitrogens with zero attached hydrogens (tertiary/aromatic N) is 3. The van der Waals surface area contributed by atoms with Crippen LogP contribution in [0.2, 0.25) is 0 Å². The second-order valence-corrected chi connectivity index (χ2v) is 6.10. The predicted octanol–water partition coefficient (Wildman–Crippen LogP) is 2.14. The van der Waals surface area contributed by atoms with Gasteiger partial charge in [-0.05, 0) is 24.5 Å². The number of ether oxygens (including phenoxy) is 1. The van der Waals surface area contributed by atoms with E-state index in [0.29, 0.717) is 11.6 Å². The summed E-state index contributed by atoms with van der Waals surface area (Å²) in [5.74, 6) is 0.367. The highest BCUT2D eigenvalue weighted by Crippen LogP contribution is 2.24. The first-order valence-electron chi connectivity index (χ1n) is 8.03. The van der Waals surface area contributed by atoms with Crippen LogP contribution in [0.5, 0.6) is 0 Å². The molecule has 1 aromatic carbocycles. The fourth-order valence-corrected chi connectivity index (χ4v) is 3.36. The van der Waals surface area contributed by atoms with Gasteiger partial charge in [0.05, 0.1) is 6.10 Å². The fourth-order valence-electron chi connectivity index (χ4n) is 3.36. The number of aromatic nitrogens is 2. The van der Waals surface area contributed by atoms with Gasteiger partial charge in [0.25, 0.3) is 5.91 Å². The van der Waals surface area contributed by atoms with Crippen molar-refractivity contribution >= 4 is 5.91 Å². The van der Waals surface area contributed by atoms with Gasteiger partial charge < -0.3 is 9.64 Å². The van der Waals surface area contributed by atoms with E-state index in [1.54, 1.807) is 31.1 Å². The summed E-state index contributed by atoms with van der Waals surface area (Å²) in [5.41, 5.74) is 1.92. The zero-order valence-corrected chi connectivity index (χ0v) is 13.7. The molecule has 0 bridgehead atoms. The third-order valence-corrected chi connectivity index (χ3v) is 4.63. The number of rotatable bonds is 4. The first-order valence-corrected chi connectivity index (χ1v) is 8.03. The number of benzene rings is 1. The van der Waals surface area contributed by atoms with Crippen LogP contribution in [0.1, 0.15) is 22.5 Å². The molecule has 0 radical (unpaired) electrons. The van der Waals surface area contributed by atoms with Crippen molar-refractivity contribution in [2.24, 2.45) is 13.0 Å². The molecule has 1 saturated heterocycles. The lowest BCUT2D eigenvalue weighted by Gasteiger charge is -2.38. The highest BCUT2D eigenvalue weighted by atomic mass is 16.5. The maximum Gasteiger partial charge on any atom is 0.272 e. The second-order valence-electron chi connectivity index (χ2n) is 6.10. The Morgan fingerprint density at radius 3 is 2.74 bits per heavy atom. The molecule has 5 heteroatoms. The topological polar surface area (TPSA) is 47.4 Å². The van der Waals surface area contributed by atoms with Crippen LogP contribution in [0.4, 0.5) is 0 Å². The number of aryl methyl sites for hydroxylation is 1. The minimum absolute atomic E-state index is 0.0533. The van der Waals surface area contributed by atoms with E-state index in [1.807, 2.05) is 11.0 Å². The Labute approximate surface area is 136 Å². The second kappa shape index (κ2) is 6.96. The van der Waals surface area contributed by atoms with Crippen LogP contribution >= 0.6 is 0 Å². The van der Waals surface area contributed by atoms with Crippen molar-refractivity contribution in [2.45, 2.75) is 18.9 Å². The number of amides is 1. The number of carbonyl (C=O) groups excluding carboxylic acids is 1. The minimum atomic E-state index is 0.0533. The zero-order valence-electron chi connectivity index (χ0n) is 13.7. The van der Waals surface area contributed by atoms with Gasteiger partial charge in [-0.2, -0.15) is 5.10 Å². The van der Waals surface area contributed by atoms with Crippen LogP contribution in [-0.2, 0) is 18.2 Å². The smallest absolute Gasteiger partial charge is 0.272 e. The molecule has 1 aromatic heterocycles. The molecule has 0 aliphatic carbocycles. The van der Waals surface area contributed by atoms with Crippen molar-refractivity contribution < 1.29 is 9.53 Å². The van der Waals surface area contributed by atoms with E-state index < -0.39 is 0 Å². The molecule has 1 aliphatic heterocycles. The van der Waals surface area contributed by atoms with Crippen molar-refractivity contribution in [3.8, 4) is 0 Å². The van der Waals surface area contributed by atoms with E-state index >= 15 is 0 Å². The number of carbonyl (C=O) groups is 1. The van der Waals surface area contributed by atoms with Gasteiger partial charge in [0.1, 0.15) is 5.69 Å². The molecule has 0 unspecified atom stereocenters. The normalized spacial score (nSPS) is 21.4. The molecule has 1 fully saturated rings. The first kappa shape index (κ1) is 15.7. The lowest BCUT2D eigenvalue weighted by atomic mass is 9.88. The van der Waals surface area contributed by atoms with Crippen LogP contribution in [0.15, 0.2) is 42.6 Å². The Morgan fingerprint density at radius 2 is 2.09 bits per heavy atom. The quantitative estimate of drug-likeness (QED) is 0.869. The molecule has 2 heterocycles. The molecule has 23 heavy (non-hydrogen) atoms. The van der Waals surface area contributed by atoms with Crippen LogP contribution in [0, 0.1) is 5.92 Å². The van der Waals surface area contributed by atoms with E-state index in [2.05, 4.69) is 29.4 Å². The molecule has 122 valence electrons. The summed E-state index contributed by atoms with van der Waals surface area (Å²) in [4.78, 5) is 14.6. The van der Waals surface area contributed by atoms with Gasteiger partial charge in [-0.15, -0.1) is 0 Å². The van der Waals surface area contributed by atoms with E-state index in [1.165, 1.54) is 5.56 Å². The number of likely N-dealkylation sites (tertiary alicyclic amines) is 1. The highest BCUT2D eigenvalue weighted by Gasteiger charge is 2.32. The lowest BCUT2D eigenvalue weighted by Crippen LogP contribution is -2.47. The summed E-state index contributed by atoms with van der Waals surface area (Å²) >= 11 is 0. The van der Waals surface area contributed by atoms with Gasteiger partial charge in [-0.25, -0.2) is 0 Å². The largest absolute Gasteiger partial charge is 0.381 e. The average molecular weight is 313 g/mol. The molecule has 1 aliphatic rings. The van der Waals surface area contributed by atoms with Crippen molar-refractivity contribution in [1.82, 2.24) is 14.7 Å². The van der Waals surface area contributed by atoms with Gasteiger partial charge in [-0.1, -0.05) is 30.3 Å². The Bertz CT molecular complexity index is 653. The summed E-state index contributed by atoms with van der Waals surface area (Å²) < 4.78 is 7.30. The van der Waals surface area contributed by atoms with Crippen LogP contribution in [-0.4, -0.2) is 46.9 Å². The molecule has 2 atom stereocenters. The number of hydrogen-bond donors (Lipinski definition) is 0. The summed E-state index contributed by atoms with van der Waals surface area (Å²) in [7, 11) is 3.57. The van der Waals surface area contributed by atoms with Gasteiger partial charge in [0, 0.05) is 39.4 Å². The van der Waals surface area contributed by atoms with Crippen LogP contribution in [0.25, 0.3) is 0 Å². The van der Waals surface area contributed by atoms with Crippen molar-refractivity contribution in [3.63, 3.8) is 0 Å². The molecule has 0 saturated carbocycles. The fraction of sp³-hybridized carbons (Fsp3) is 0.444. The summed E-state index contributed by atoms with van der Waals surface area (Å²) in [6.45, 7) is 1.45. The maximum absolute atomic E-state index is 12.7. The number of methoxy groups -OCH3 is 1. The van der Waals surface area contributed by atoms with E-state index in [4.69, 9.17) is 4.74 Å². The van der Waals surface area contributed by atoms with Gasteiger partial charge in [0.15, 0.2) is 0 Å².